The van der Waals surface area contributed by atoms with Gasteiger partial charge in [0.05, 0.1) is 6.61 Å². The summed E-state index contributed by atoms with van der Waals surface area (Å²) in [6, 6.07) is 2.09. The number of amides is 2. The van der Waals surface area contributed by atoms with Crippen molar-refractivity contribution in [2.45, 2.75) is 38.2 Å². The Morgan fingerprint density at radius 1 is 1.32 bits per heavy atom. The van der Waals surface area contributed by atoms with Crippen LogP contribution in [0.3, 0.4) is 0 Å². The van der Waals surface area contributed by atoms with Gasteiger partial charge in [-0.1, -0.05) is 0 Å². The van der Waals surface area contributed by atoms with Crippen molar-refractivity contribution in [3.05, 3.63) is 21.9 Å². The molecule has 1 aliphatic carbocycles. The molecule has 2 heterocycles. The fourth-order valence-corrected chi connectivity index (χ4v) is 3.55. The van der Waals surface area contributed by atoms with Crippen LogP contribution in [0, 0.1) is 5.92 Å². The maximum absolute atomic E-state index is 11.9. The van der Waals surface area contributed by atoms with E-state index in [0.29, 0.717) is 25.9 Å². The maximum Gasteiger partial charge on any atom is 0.223 e. The van der Waals surface area contributed by atoms with Gasteiger partial charge in [0.25, 0.3) is 0 Å². The van der Waals surface area contributed by atoms with E-state index in [2.05, 4.69) is 22.1 Å². The van der Waals surface area contributed by atoms with Crippen molar-refractivity contribution < 1.29 is 14.3 Å². The SMILES string of the molecule is O=C(CCCNC(=O)C1CC1)NC[C@H]1OCCc2sccc21. The van der Waals surface area contributed by atoms with Gasteiger partial charge in [-0.3, -0.25) is 9.59 Å². The van der Waals surface area contributed by atoms with Crippen molar-refractivity contribution in [1.29, 1.82) is 0 Å². The lowest BCUT2D eigenvalue weighted by atomic mass is 10.1. The Labute approximate surface area is 134 Å². The molecule has 22 heavy (non-hydrogen) atoms. The predicted molar refractivity (Wildman–Crippen MR) is 84.7 cm³/mol. The molecule has 1 fully saturated rings. The first kappa shape index (κ1) is 15.5. The molecule has 2 amide bonds. The summed E-state index contributed by atoms with van der Waals surface area (Å²) in [5.41, 5.74) is 1.22. The minimum absolute atomic E-state index is 0.0199. The smallest absolute Gasteiger partial charge is 0.223 e. The van der Waals surface area contributed by atoms with Crippen LogP contribution in [-0.4, -0.2) is 31.5 Å². The Kier molecular flexibility index (Phi) is 5.10. The summed E-state index contributed by atoms with van der Waals surface area (Å²) >= 11 is 1.76. The quantitative estimate of drug-likeness (QED) is 0.752. The zero-order valence-corrected chi connectivity index (χ0v) is 13.4. The standard InChI is InChI=1S/C16H22N2O3S/c19-15(2-1-7-17-16(20)11-3-4-11)18-10-13-12-6-9-22-14(12)5-8-21-13/h6,9,11,13H,1-5,7-8,10H2,(H,17,20)(H,18,19)/t13-/m1/s1. The van der Waals surface area contributed by atoms with Gasteiger partial charge in [0.15, 0.2) is 0 Å². The predicted octanol–water partition coefficient (Wildman–Crippen LogP) is 1.78. The summed E-state index contributed by atoms with van der Waals surface area (Å²) in [4.78, 5) is 24.7. The van der Waals surface area contributed by atoms with Crippen molar-refractivity contribution >= 4 is 23.2 Å². The molecule has 0 spiro atoms. The average Bonchev–Trinajstić information content (AvgIpc) is 3.26. The van der Waals surface area contributed by atoms with E-state index >= 15 is 0 Å². The molecule has 1 saturated carbocycles. The number of carbonyl (C=O) groups excluding carboxylic acids is 2. The zero-order chi connectivity index (χ0) is 15.4. The molecular formula is C16H22N2O3S. The van der Waals surface area contributed by atoms with Crippen LogP contribution in [0.25, 0.3) is 0 Å². The number of hydrogen-bond donors (Lipinski definition) is 2. The number of rotatable bonds is 7. The molecule has 1 atom stereocenters. The molecule has 0 unspecified atom stereocenters. The Morgan fingerprint density at radius 2 is 2.18 bits per heavy atom. The van der Waals surface area contributed by atoms with Gasteiger partial charge < -0.3 is 15.4 Å². The van der Waals surface area contributed by atoms with Crippen LogP contribution in [0.5, 0.6) is 0 Å². The molecule has 0 radical (unpaired) electrons. The van der Waals surface area contributed by atoms with Gasteiger partial charge in [-0.15, -0.1) is 11.3 Å². The summed E-state index contributed by atoms with van der Waals surface area (Å²) < 4.78 is 5.74. The van der Waals surface area contributed by atoms with Crippen LogP contribution in [0.2, 0.25) is 0 Å². The highest BCUT2D eigenvalue weighted by Crippen LogP contribution is 2.30. The lowest BCUT2D eigenvalue weighted by Crippen LogP contribution is -2.32. The third kappa shape index (κ3) is 4.08. The molecule has 0 bridgehead atoms. The van der Waals surface area contributed by atoms with Crippen LogP contribution in [0.4, 0.5) is 0 Å². The third-order valence-electron chi connectivity index (χ3n) is 4.09. The second-order valence-corrected chi connectivity index (χ2v) is 6.88. The normalized spacial score (nSPS) is 20.3. The van der Waals surface area contributed by atoms with Crippen molar-refractivity contribution in [1.82, 2.24) is 10.6 Å². The van der Waals surface area contributed by atoms with E-state index in [1.165, 1.54) is 10.4 Å². The maximum atomic E-state index is 11.9. The van der Waals surface area contributed by atoms with Crippen molar-refractivity contribution in [2.24, 2.45) is 5.92 Å². The second-order valence-electron chi connectivity index (χ2n) is 5.88. The van der Waals surface area contributed by atoms with Gasteiger partial charge in [0, 0.05) is 36.7 Å². The molecular weight excluding hydrogens is 300 g/mol. The largest absolute Gasteiger partial charge is 0.371 e. The van der Waals surface area contributed by atoms with Crippen molar-refractivity contribution in [2.75, 3.05) is 19.7 Å². The Morgan fingerprint density at radius 3 is 3.00 bits per heavy atom. The topological polar surface area (TPSA) is 67.4 Å². The zero-order valence-electron chi connectivity index (χ0n) is 12.6. The van der Waals surface area contributed by atoms with Crippen LogP contribution in [-0.2, 0) is 20.7 Å². The number of thiophene rings is 1. The number of ether oxygens (including phenoxy) is 1. The Balaban J connectivity index is 1.32. The molecule has 6 heteroatoms. The van der Waals surface area contributed by atoms with Gasteiger partial charge in [0.1, 0.15) is 6.10 Å². The summed E-state index contributed by atoms with van der Waals surface area (Å²) in [5.74, 6) is 0.393. The van der Waals surface area contributed by atoms with Crippen LogP contribution >= 0.6 is 11.3 Å². The number of fused-ring (bicyclic) bond motifs is 1. The molecule has 1 aromatic heterocycles. The van der Waals surface area contributed by atoms with Crippen LogP contribution in [0.1, 0.15) is 42.2 Å². The molecule has 1 aromatic rings. The third-order valence-corrected chi connectivity index (χ3v) is 5.08. The lowest BCUT2D eigenvalue weighted by Gasteiger charge is -2.23. The van der Waals surface area contributed by atoms with Gasteiger partial charge in [0.2, 0.25) is 11.8 Å². The van der Waals surface area contributed by atoms with E-state index in [4.69, 9.17) is 4.74 Å². The number of hydrogen-bond acceptors (Lipinski definition) is 4. The minimum Gasteiger partial charge on any atom is -0.371 e. The number of carbonyl (C=O) groups is 2. The highest BCUT2D eigenvalue weighted by molar-refractivity contribution is 7.10. The molecule has 2 aliphatic rings. The van der Waals surface area contributed by atoms with Crippen LogP contribution < -0.4 is 10.6 Å². The van der Waals surface area contributed by atoms with E-state index in [0.717, 1.165) is 25.9 Å². The summed E-state index contributed by atoms with van der Waals surface area (Å²) in [6.45, 7) is 1.83. The summed E-state index contributed by atoms with van der Waals surface area (Å²) in [7, 11) is 0. The minimum atomic E-state index is -0.0199. The molecule has 5 nitrogen and oxygen atoms in total. The van der Waals surface area contributed by atoms with E-state index in [-0.39, 0.29) is 23.8 Å². The average molecular weight is 322 g/mol. The highest BCUT2D eigenvalue weighted by atomic mass is 32.1. The number of nitrogens with one attached hydrogen (secondary N) is 2. The lowest BCUT2D eigenvalue weighted by molar-refractivity contribution is -0.123. The van der Waals surface area contributed by atoms with Crippen molar-refractivity contribution in [3.63, 3.8) is 0 Å². The first-order chi connectivity index (χ1) is 10.7. The van der Waals surface area contributed by atoms with Crippen molar-refractivity contribution in [3.8, 4) is 0 Å². The summed E-state index contributed by atoms with van der Waals surface area (Å²) in [5, 5.41) is 7.89. The van der Waals surface area contributed by atoms with Gasteiger partial charge >= 0.3 is 0 Å². The Hall–Kier alpha value is -1.40. The Bertz CT molecular complexity index is 539. The van der Waals surface area contributed by atoms with Gasteiger partial charge in [-0.2, -0.15) is 0 Å². The van der Waals surface area contributed by atoms with Gasteiger partial charge in [-0.25, -0.2) is 0 Å². The molecule has 3 rings (SSSR count). The fourth-order valence-electron chi connectivity index (χ4n) is 2.64. The molecule has 1 aliphatic heterocycles. The van der Waals surface area contributed by atoms with E-state index < -0.39 is 0 Å². The van der Waals surface area contributed by atoms with Gasteiger partial charge in [-0.05, 0) is 36.3 Å². The molecule has 2 N–H and O–H groups in total. The fraction of sp³-hybridized carbons (Fsp3) is 0.625. The molecule has 120 valence electrons. The highest BCUT2D eigenvalue weighted by Gasteiger charge is 2.29. The monoisotopic (exact) mass is 322 g/mol. The van der Waals surface area contributed by atoms with Crippen LogP contribution in [0.15, 0.2) is 11.4 Å². The first-order valence-corrected chi connectivity index (χ1v) is 8.84. The van der Waals surface area contributed by atoms with E-state index in [1.807, 2.05) is 0 Å². The first-order valence-electron chi connectivity index (χ1n) is 7.96. The molecule has 0 aromatic carbocycles. The van der Waals surface area contributed by atoms with E-state index in [9.17, 15) is 9.59 Å². The summed E-state index contributed by atoms with van der Waals surface area (Å²) in [6.07, 6.45) is 4.09. The molecule has 0 saturated heterocycles. The van der Waals surface area contributed by atoms with E-state index in [1.54, 1.807) is 11.3 Å². The second kappa shape index (κ2) is 7.24.